The summed E-state index contributed by atoms with van der Waals surface area (Å²) in [7, 11) is -4.69. The number of hydrogen-bond donors (Lipinski definition) is 0. The Morgan fingerprint density at radius 2 is 1.59 bits per heavy atom. The third-order valence-electron chi connectivity index (χ3n) is 2.62. The van der Waals surface area contributed by atoms with E-state index < -0.39 is 32.5 Å². The molecule has 0 saturated carbocycles. The SMILES string of the molecule is CCOc1ccccc1OS(=O)(=O)c1ccc(F)c(F)c1F. The summed E-state index contributed by atoms with van der Waals surface area (Å²) < 4.78 is 73.6. The number of rotatable bonds is 5. The first-order chi connectivity index (χ1) is 10.4. The largest absolute Gasteiger partial charge is 0.490 e. The Kier molecular flexibility index (Phi) is 4.60. The summed E-state index contributed by atoms with van der Waals surface area (Å²) in [6, 6.07) is 6.91. The van der Waals surface area contributed by atoms with Gasteiger partial charge in [-0.2, -0.15) is 8.42 Å². The molecule has 0 aliphatic heterocycles. The smallest absolute Gasteiger partial charge is 0.342 e. The molecule has 2 aromatic carbocycles. The fraction of sp³-hybridized carbons (Fsp3) is 0.143. The Balaban J connectivity index is 2.43. The van der Waals surface area contributed by atoms with Gasteiger partial charge in [-0.15, -0.1) is 0 Å². The predicted octanol–water partition coefficient (Wildman–Crippen LogP) is 3.27. The fourth-order valence-corrected chi connectivity index (χ4v) is 2.67. The van der Waals surface area contributed by atoms with Gasteiger partial charge in [-0.3, -0.25) is 0 Å². The van der Waals surface area contributed by atoms with Gasteiger partial charge in [0, 0.05) is 0 Å². The number of ether oxygens (including phenoxy) is 1. The Bertz CT molecular complexity index is 791. The average Bonchev–Trinajstić information content (AvgIpc) is 2.46. The summed E-state index contributed by atoms with van der Waals surface area (Å²) in [4.78, 5) is -1.10. The van der Waals surface area contributed by atoms with Crippen LogP contribution in [-0.4, -0.2) is 15.0 Å². The van der Waals surface area contributed by atoms with Crippen LogP contribution in [0, 0.1) is 17.5 Å². The zero-order valence-corrected chi connectivity index (χ0v) is 12.2. The molecule has 0 aliphatic rings. The van der Waals surface area contributed by atoms with Crippen molar-refractivity contribution in [1.29, 1.82) is 0 Å². The monoisotopic (exact) mass is 332 g/mol. The molecule has 0 spiro atoms. The van der Waals surface area contributed by atoms with E-state index in [-0.39, 0.29) is 18.1 Å². The Morgan fingerprint density at radius 1 is 0.955 bits per heavy atom. The van der Waals surface area contributed by atoms with Crippen molar-refractivity contribution >= 4 is 10.1 Å². The van der Waals surface area contributed by atoms with Gasteiger partial charge in [0.2, 0.25) is 0 Å². The minimum absolute atomic E-state index is 0.122. The van der Waals surface area contributed by atoms with Crippen molar-refractivity contribution in [1.82, 2.24) is 0 Å². The standard InChI is InChI=1S/C14H11F3O4S/c1-2-20-10-5-3-4-6-11(10)21-22(18,19)12-8-7-9(15)13(16)14(12)17/h3-8H,2H2,1H3. The first-order valence-corrected chi connectivity index (χ1v) is 7.57. The van der Waals surface area contributed by atoms with Crippen LogP contribution in [0.25, 0.3) is 0 Å². The first kappa shape index (κ1) is 16.2. The lowest BCUT2D eigenvalue weighted by Crippen LogP contribution is -2.14. The Morgan fingerprint density at radius 3 is 2.23 bits per heavy atom. The van der Waals surface area contributed by atoms with Crippen LogP contribution in [0.1, 0.15) is 6.92 Å². The normalized spacial score (nSPS) is 11.3. The second kappa shape index (κ2) is 6.27. The molecule has 0 unspecified atom stereocenters. The van der Waals surface area contributed by atoms with Gasteiger partial charge in [0.15, 0.2) is 29.0 Å². The highest BCUT2D eigenvalue weighted by atomic mass is 32.2. The van der Waals surface area contributed by atoms with Gasteiger partial charge in [0.1, 0.15) is 4.90 Å². The molecule has 22 heavy (non-hydrogen) atoms. The maximum absolute atomic E-state index is 13.6. The molecule has 4 nitrogen and oxygen atoms in total. The van der Waals surface area contributed by atoms with E-state index in [2.05, 4.69) is 0 Å². The van der Waals surface area contributed by atoms with Gasteiger partial charge in [0.25, 0.3) is 0 Å². The lowest BCUT2D eigenvalue weighted by atomic mass is 10.3. The summed E-state index contributed by atoms with van der Waals surface area (Å²) in [5.74, 6) is -5.28. The summed E-state index contributed by atoms with van der Waals surface area (Å²) in [6.07, 6.45) is 0. The molecule has 0 radical (unpaired) electrons. The van der Waals surface area contributed by atoms with Crippen molar-refractivity contribution in [2.24, 2.45) is 0 Å². The number of benzene rings is 2. The molecule has 0 fully saturated rings. The lowest BCUT2D eigenvalue weighted by Gasteiger charge is -2.12. The highest BCUT2D eigenvalue weighted by molar-refractivity contribution is 7.87. The van der Waals surface area contributed by atoms with Crippen molar-refractivity contribution in [2.45, 2.75) is 11.8 Å². The summed E-state index contributed by atoms with van der Waals surface area (Å²) >= 11 is 0. The molecule has 0 N–H and O–H groups in total. The minimum atomic E-state index is -4.69. The first-order valence-electron chi connectivity index (χ1n) is 6.16. The highest BCUT2D eigenvalue weighted by Gasteiger charge is 2.26. The van der Waals surface area contributed by atoms with Crippen LogP contribution in [0.3, 0.4) is 0 Å². The maximum atomic E-state index is 13.6. The van der Waals surface area contributed by atoms with Gasteiger partial charge >= 0.3 is 10.1 Å². The van der Waals surface area contributed by atoms with Crippen LogP contribution in [-0.2, 0) is 10.1 Å². The van der Waals surface area contributed by atoms with Gasteiger partial charge in [-0.1, -0.05) is 12.1 Å². The zero-order valence-electron chi connectivity index (χ0n) is 11.3. The maximum Gasteiger partial charge on any atom is 0.342 e. The van der Waals surface area contributed by atoms with E-state index in [1.807, 2.05) is 0 Å². The molecular weight excluding hydrogens is 321 g/mol. The van der Waals surface area contributed by atoms with Crippen molar-refractivity contribution in [3.63, 3.8) is 0 Å². The lowest BCUT2D eigenvalue weighted by molar-refractivity contribution is 0.327. The molecule has 0 atom stereocenters. The average molecular weight is 332 g/mol. The van der Waals surface area contributed by atoms with Crippen molar-refractivity contribution < 1.29 is 30.5 Å². The molecular formula is C14H11F3O4S. The van der Waals surface area contributed by atoms with E-state index in [1.165, 1.54) is 18.2 Å². The van der Waals surface area contributed by atoms with E-state index in [1.54, 1.807) is 13.0 Å². The van der Waals surface area contributed by atoms with E-state index in [0.717, 1.165) is 0 Å². The molecule has 0 bridgehead atoms. The molecule has 0 aromatic heterocycles. The van der Waals surface area contributed by atoms with Crippen LogP contribution in [0.5, 0.6) is 11.5 Å². The van der Waals surface area contributed by atoms with Crippen molar-refractivity contribution in [2.75, 3.05) is 6.61 Å². The summed E-state index contributed by atoms with van der Waals surface area (Å²) in [6.45, 7) is 1.93. The molecule has 0 heterocycles. The van der Waals surface area contributed by atoms with Crippen LogP contribution < -0.4 is 8.92 Å². The molecule has 118 valence electrons. The van der Waals surface area contributed by atoms with Gasteiger partial charge < -0.3 is 8.92 Å². The van der Waals surface area contributed by atoms with Crippen LogP contribution in [0.4, 0.5) is 13.2 Å². The van der Waals surface area contributed by atoms with Crippen LogP contribution >= 0.6 is 0 Å². The third-order valence-corrected chi connectivity index (χ3v) is 3.87. The Hall–Kier alpha value is -2.22. The number of halogens is 3. The quantitative estimate of drug-likeness (QED) is 0.623. The molecule has 2 rings (SSSR count). The molecule has 8 heteroatoms. The topological polar surface area (TPSA) is 52.6 Å². The van der Waals surface area contributed by atoms with Gasteiger partial charge in [-0.25, -0.2) is 13.2 Å². The van der Waals surface area contributed by atoms with Crippen molar-refractivity contribution in [3.05, 3.63) is 53.8 Å². The fourth-order valence-electron chi connectivity index (χ4n) is 1.66. The predicted molar refractivity (Wildman–Crippen MR) is 71.7 cm³/mol. The van der Waals surface area contributed by atoms with Gasteiger partial charge in [0.05, 0.1) is 6.61 Å². The molecule has 2 aromatic rings. The zero-order chi connectivity index (χ0) is 16.3. The van der Waals surface area contributed by atoms with Crippen LogP contribution in [0.2, 0.25) is 0 Å². The van der Waals surface area contributed by atoms with Gasteiger partial charge in [-0.05, 0) is 31.2 Å². The Labute approximate surface area is 125 Å². The number of hydrogen-bond acceptors (Lipinski definition) is 4. The number of para-hydroxylation sites is 2. The van der Waals surface area contributed by atoms with Crippen LogP contribution in [0.15, 0.2) is 41.3 Å². The summed E-state index contributed by atoms with van der Waals surface area (Å²) in [5, 5.41) is 0. The van der Waals surface area contributed by atoms with E-state index in [9.17, 15) is 21.6 Å². The molecule has 0 saturated heterocycles. The molecule has 0 amide bonds. The second-order valence-corrected chi connectivity index (χ2v) is 5.61. The van der Waals surface area contributed by atoms with E-state index in [0.29, 0.717) is 12.1 Å². The highest BCUT2D eigenvalue weighted by Crippen LogP contribution is 2.30. The van der Waals surface area contributed by atoms with Crippen molar-refractivity contribution in [3.8, 4) is 11.5 Å². The van der Waals surface area contributed by atoms with E-state index >= 15 is 0 Å². The molecule has 0 aliphatic carbocycles. The van der Waals surface area contributed by atoms with E-state index in [4.69, 9.17) is 8.92 Å². The third kappa shape index (κ3) is 3.16. The summed E-state index contributed by atoms with van der Waals surface area (Å²) in [5.41, 5.74) is 0. The second-order valence-electron chi connectivity index (χ2n) is 4.09. The minimum Gasteiger partial charge on any atom is -0.490 e.